The second-order valence-electron chi connectivity index (χ2n) is 8.46. The third kappa shape index (κ3) is 5.37. The summed E-state index contributed by atoms with van der Waals surface area (Å²) in [6.45, 7) is 0.530. The van der Waals surface area contributed by atoms with Crippen LogP contribution in [0.15, 0.2) is 60.7 Å². The maximum Gasteiger partial charge on any atom is 0.244 e. The Kier molecular flexibility index (Phi) is 6.76. The van der Waals surface area contributed by atoms with E-state index in [4.69, 9.17) is 0 Å². The standard InChI is InChI=1S/C25H30N2O3S/c28-24(26-25(21-8-3-1-4-9-21)22-10-5-2-6-11-22)17-14-20-12-15-23(16-13-20)27-18-7-19-31(27,29)30/h1,3-4,8-9,12-17,22,25H,2,5-7,10-11,18-19H2,(H,26,28)/b17-14+. The smallest absolute Gasteiger partial charge is 0.244 e. The topological polar surface area (TPSA) is 66.5 Å². The molecule has 2 aliphatic rings. The number of carbonyl (C=O) groups excluding carboxylic acids is 1. The van der Waals surface area contributed by atoms with Crippen LogP contribution in [0.4, 0.5) is 5.69 Å². The van der Waals surface area contributed by atoms with E-state index in [0.717, 1.165) is 24.0 Å². The molecule has 2 aromatic carbocycles. The molecule has 164 valence electrons. The van der Waals surface area contributed by atoms with Crippen molar-refractivity contribution in [2.75, 3.05) is 16.6 Å². The Bertz CT molecular complexity index is 1010. The van der Waals surface area contributed by atoms with Crippen molar-refractivity contribution in [3.8, 4) is 0 Å². The number of sulfonamides is 1. The van der Waals surface area contributed by atoms with Gasteiger partial charge in [-0.05, 0) is 54.5 Å². The van der Waals surface area contributed by atoms with Gasteiger partial charge in [-0.1, -0.05) is 61.7 Å². The van der Waals surface area contributed by atoms with E-state index in [1.807, 2.05) is 30.3 Å². The molecule has 1 aliphatic carbocycles. The summed E-state index contributed by atoms with van der Waals surface area (Å²) < 4.78 is 25.6. The normalized spacial score (nSPS) is 20.1. The number of benzene rings is 2. The van der Waals surface area contributed by atoms with E-state index in [1.54, 1.807) is 24.3 Å². The van der Waals surface area contributed by atoms with Gasteiger partial charge in [0.05, 0.1) is 17.5 Å². The van der Waals surface area contributed by atoms with E-state index in [9.17, 15) is 13.2 Å². The van der Waals surface area contributed by atoms with E-state index in [1.165, 1.54) is 23.6 Å². The summed E-state index contributed by atoms with van der Waals surface area (Å²) in [4.78, 5) is 12.7. The van der Waals surface area contributed by atoms with Gasteiger partial charge in [0.2, 0.25) is 15.9 Å². The minimum absolute atomic E-state index is 0.0291. The van der Waals surface area contributed by atoms with Gasteiger partial charge in [0.15, 0.2) is 0 Å². The van der Waals surface area contributed by atoms with Crippen LogP contribution < -0.4 is 9.62 Å². The summed E-state index contributed by atoms with van der Waals surface area (Å²) in [5.74, 6) is 0.569. The highest BCUT2D eigenvalue weighted by molar-refractivity contribution is 7.93. The van der Waals surface area contributed by atoms with Crippen LogP contribution in [0, 0.1) is 5.92 Å². The Morgan fingerprint density at radius 1 is 0.968 bits per heavy atom. The molecule has 31 heavy (non-hydrogen) atoms. The molecule has 2 aromatic rings. The number of hydrogen-bond acceptors (Lipinski definition) is 3. The van der Waals surface area contributed by atoms with Gasteiger partial charge in [0, 0.05) is 12.6 Å². The Balaban J connectivity index is 1.42. The summed E-state index contributed by atoms with van der Waals surface area (Å²) >= 11 is 0. The van der Waals surface area contributed by atoms with Crippen molar-refractivity contribution in [2.45, 2.75) is 44.6 Å². The van der Waals surface area contributed by atoms with Crippen molar-refractivity contribution in [1.82, 2.24) is 5.32 Å². The maximum absolute atomic E-state index is 12.7. The third-order valence-electron chi connectivity index (χ3n) is 6.29. The van der Waals surface area contributed by atoms with Gasteiger partial charge < -0.3 is 5.32 Å². The van der Waals surface area contributed by atoms with Crippen molar-refractivity contribution >= 4 is 27.7 Å². The first-order valence-electron chi connectivity index (χ1n) is 11.2. The predicted octanol–water partition coefficient (Wildman–Crippen LogP) is 4.68. The summed E-state index contributed by atoms with van der Waals surface area (Å²) in [6, 6.07) is 17.6. The van der Waals surface area contributed by atoms with Crippen LogP contribution in [0.3, 0.4) is 0 Å². The first-order valence-corrected chi connectivity index (χ1v) is 12.8. The number of amides is 1. The lowest BCUT2D eigenvalue weighted by molar-refractivity contribution is -0.117. The second kappa shape index (κ2) is 9.69. The molecule has 4 rings (SSSR count). The van der Waals surface area contributed by atoms with Crippen molar-refractivity contribution in [2.24, 2.45) is 5.92 Å². The van der Waals surface area contributed by atoms with Crippen molar-refractivity contribution in [3.05, 3.63) is 71.8 Å². The first-order chi connectivity index (χ1) is 15.0. The van der Waals surface area contributed by atoms with E-state index in [-0.39, 0.29) is 17.7 Å². The van der Waals surface area contributed by atoms with E-state index in [0.29, 0.717) is 24.6 Å². The molecule has 1 N–H and O–H groups in total. The number of carbonyl (C=O) groups is 1. The monoisotopic (exact) mass is 438 g/mol. The average molecular weight is 439 g/mol. The summed E-state index contributed by atoms with van der Waals surface area (Å²) in [5.41, 5.74) is 2.71. The van der Waals surface area contributed by atoms with Crippen LogP contribution in [0.25, 0.3) is 6.08 Å². The van der Waals surface area contributed by atoms with Gasteiger partial charge in [0.25, 0.3) is 0 Å². The fourth-order valence-electron chi connectivity index (χ4n) is 4.66. The second-order valence-corrected chi connectivity index (χ2v) is 10.5. The molecular weight excluding hydrogens is 408 g/mol. The summed E-state index contributed by atoms with van der Waals surface area (Å²) in [5, 5.41) is 3.23. The van der Waals surface area contributed by atoms with Gasteiger partial charge in [-0.15, -0.1) is 0 Å². The van der Waals surface area contributed by atoms with Crippen LogP contribution in [-0.2, 0) is 14.8 Å². The van der Waals surface area contributed by atoms with Gasteiger partial charge >= 0.3 is 0 Å². The molecule has 0 spiro atoms. The molecule has 5 nitrogen and oxygen atoms in total. The summed E-state index contributed by atoms with van der Waals surface area (Å²) in [7, 11) is -3.18. The van der Waals surface area contributed by atoms with Crippen LogP contribution in [0.2, 0.25) is 0 Å². The van der Waals surface area contributed by atoms with Crippen LogP contribution in [0.1, 0.15) is 55.7 Å². The predicted molar refractivity (Wildman–Crippen MR) is 125 cm³/mol. The number of anilines is 1. The zero-order valence-corrected chi connectivity index (χ0v) is 18.6. The van der Waals surface area contributed by atoms with Crippen LogP contribution >= 0.6 is 0 Å². The SMILES string of the molecule is O=C(/C=C/c1ccc(N2CCCS2(=O)=O)cc1)NC(c1ccccc1)C1CCCCC1. The molecule has 6 heteroatoms. The van der Waals surface area contributed by atoms with Crippen LogP contribution in [-0.4, -0.2) is 26.6 Å². The highest BCUT2D eigenvalue weighted by atomic mass is 32.2. The summed E-state index contributed by atoms with van der Waals surface area (Å²) in [6.07, 6.45) is 10.0. The highest BCUT2D eigenvalue weighted by Gasteiger charge is 2.28. The number of rotatable bonds is 6. The molecule has 0 aromatic heterocycles. The molecule has 1 saturated heterocycles. The molecule has 1 amide bonds. The third-order valence-corrected chi connectivity index (χ3v) is 8.15. The lowest BCUT2D eigenvalue weighted by Crippen LogP contribution is -2.33. The molecule has 0 radical (unpaired) electrons. The number of hydrogen-bond donors (Lipinski definition) is 1. The quantitative estimate of drug-likeness (QED) is 0.666. The Labute approximate surface area is 185 Å². The zero-order chi connectivity index (χ0) is 21.7. The van der Waals surface area contributed by atoms with Gasteiger partial charge in [-0.25, -0.2) is 8.42 Å². The van der Waals surface area contributed by atoms with Crippen molar-refractivity contribution in [3.63, 3.8) is 0 Å². The molecule has 1 unspecified atom stereocenters. The molecule has 0 bridgehead atoms. The number of nitrogens with zero attached hydrogens (tertiary/aromatic N) is 1. The van der Waals surface area contributed by atoms with E-state index >= 15 is 0 Å². The molecule has 2 fully saturated rings. The Morgan fingerprint density at radius 2 is 1.68 bits per heavy atom. The Morgan fingerprint density at radius 3 is 2.32 bits per heavy atom. The maximum atomic E-state index is 12.7. The largest absolute Gasteiger partial charge is 0.345 e. The molecule has 1 atom stereocenters. The number of nitrogens with one attached hydrogen (secondary N) is 1. The molecular formula is C25H30N2O3S. The van der Waals surface area contributed by atoms with Gasteiger partial charge in [-0.3, -0.25) is 9.10 Å². The van der Waals surface area contributed by atoms with Crippen molar-refractivity contribution < 1.29 is 13.2 Å². The van der Waals surface area contributed by atoms with E-state index in [2.05, 4.69) is 17.4 Å². The minimum atomic E-state index is -3.18. The molecule has 1 aliphatic heterocycles. The highest BCUT2D eigenvalue weighted by Crippen LogP contribution is 2.34. The zero-order valence-electron chi connectivity index (χ0n) is 17.7. The van der Waals surface area contributed by atoms with Crippen molar-refractivity contribution in [1.29, 1.82) is 0 Å². The Hall–Kier alpha value is -2.60. The molecule has 1 saturated carbocycles. The first kappa shape index (κ1) is 21.6. The van der Waals surface area contributed by atoms with Gasteiger partial charge in [0.1, 0.15) is 0 Å². The average Bonchev–Trinajstić information content (AvgIpc) is 3.16. The fourth-order valence-corrected chi connectivity index (χ4v) is 6.22. The lowest BCUT2D eigenvalue weighted by atomic mass is 9.81. The lowest BCUT2D eigenvalue weighted by Gasteiger charge is -2.31. The molecule has 1 heterocycles. The van der Waals surface area contributed by atoms with Crippen LogP contribution in [0.5, 0.6) is 0 Å². The fraction of sp³-hybridized carbons (Fsp3) is 0.400. The van der Waals surface area contributed by atoms with Gasteiger partial charge in [-0.2, -0.15) is 0 Å². The minimum Gasteiger partial charge on any atom is -0.345 e. The van der Waals surface area contributed by atoms with E-state index < -0.39 is 10.0 Å².